The zero-order valence-corrected chi connectivity index (χ0v) is 18.7. The number of benzene rings is 2. The third-order valence-electron chi connectivity index (χ3n) is 5.77. The number of aromatic amines is 1. The molecule has 33 heavy (non-hydrogen) atoms. The molecule has 0 saturated carbocycles. The Labute approximate surface area is 191 Å². The number of aryl methyl sites for hydroxylation is 1. The van der Waals surface area contributed by atoms with E-state index in [1.807, 2.05) is 24.3 Å². The minimum absolute atomic E-state index is 0.583. The summed E-state index contributed by atoms with van der Waals surface area (Å²) < 4.78 is 7.73. The number of hydrogen-bond acceptors (Lipinski definition) is 6. The van der Waals surface area contributed by atoms with Crippen molar-refractivity contribution < 1.29 is 4.74 Å². The molecule has 0 atom stereocenters. The van der Waals surface area contributed by atoms with Crippen LogP contribution in [0.3, 0.4) is 0 Å². The van der Waals surface area contributed by atoms with Crippen LogP contribution in [0.4, 0.5) is 0 Å². The number of hydrogen-bond donors (Lipinski definition) is 1. The summed E-state index contributed by atoms with van der Waals surface area (Å²) in [4.78, 5) is 9.49. The van der Waals surface area contributed by atoms with E-state index in [1.165, 1.54) is 5.56 Å². The molecular weight excluding hydrogens is 414 g/mol. The summed E-state index contributed by atoms with van der Waals surface area (Å²) in [6.07, 6.45) is 4.88. The fourth-order valence-electron chi connectivity index (χ4n) is 4.07. The van der Waals surface area contributed by atoms with Crippen LogP contribution in [0.15, 0.2) is 60.8 Å². The Kier molecular flexibility index (Phi) is 5.80. The fourth-order valence-corrected chi connectivity index (χ4v) is 4.07. The van der Waals surface area contributed by atoms with E-state index in [1.54, 1.807) is 13.3 Å². The number of imidazole rings is 1. The minimum atomic E-state index is 0.583. The molecule has 3 heterocycles. The van der Waals surface area contributed by atoms with E-state index in [-0.39, 0.29) is 0 Å². The van der Waals surface area contributed by atoms with E-state index in [9.17, 15) is 0 Å². The summed E-state index contributed by atoms with van der Waals surface area (Å²) in [6.45, 7) is 2.89. The Balaban J connectivity index is 1.48. The zero-order chi connectivity index (χ0) is 22.6. The Morgan fingerprint density at radius 1 is 1.00 bits per heavy atom. The maximum atomic E-state index is 5.52. The molecule has 0 saturated heterocycles. The largest absolute Gasteiger partial charge is 0.494 e. The van der Waals surface area contributed by atoms with Crippen LogP contribution in [0.2, 0.25) is 0 Å². The van der Waals surface area contributed by atoms with E-state index in [0.29, 0.717) is 12.4 Å². The molecule has 0 radical (unpaired) electrons. The number of unbranched alkanes of at least 4 members (excludes halogenated alkanes) is 1. The third kappa shape index (κ3) is 4.07. The Morgan fingerprint density at radius 3 is 2.55 bits per heavy atom. The first-order valence-electron chi connectivity index (χ1n) is 11.1. The normalized spacial score (nSPS) is 11.2. The second-order valence-corrected chi connectivity index (χ2v) is 7.88. The van der Waals surface area contributed by atoms with Gasteiger partial charge in [-0.3, -0.25) is 0 Å². The van der Waals surface area contributed by atoms with Gasteiger partial charge in [-0.05, 0) is 28.3 Å². The first kappa shape index (κ1) is 20.8. The summed E-state index contributed by atoms with van der Waals surface area (Å²) >= 11 is 0. The number of methoxy groups -OCH3 is 1. The van der Waals surface area contributed by atoms with Gasteiger partial charge in [0.2, 0.25) is 5.82 Å². The van der Waals surface area contributed by atoms with Crippen LogP contribution in [-0.4, -0.2) is 42.3 Å². The van der Waals surface area contributed by atoms with Crippen molar-refractivity contribution in [3.63, 3.8) is 0 Å². The van der Waals surface area contributed by atoms with Crippen molar-refractivity contribution in [3.8, 4) is 28.3 Å². The average molecular weight is 440 g/mol. The predicted molar refractivity (Wildman–Crippen MR) is 127 cm³/mol. The second kappa shape index (κ2) is 9.20. The minimum Gasteiger partial charge on any atom is -0.494 e. The van der Waals surface area contributed by atoms with Gasteiger partial charge in [-0.25, -0.2) is 9.97 Å². The molecule has 0 aliphatic heterocycles. The molecule has 0 aliphatic carbocycles. The highest BCUT2D eigenvalue weighted by atomic mass is 16.5. The maximum Gasteiger partial charge on any atom is 0.205 e. The van der Waals surface area contributed by atoms with Crippen molar-refractivity contribution in [1.82, 2.24) is 35.2 Å². The van der Waals surface area contributed by atoms with E-state index in [4.69, 9.17) is 9.72 Å². The van der Waals surface area contributed by atoms with Gasteiger partial charge in [-0.15, -0.1) is 10.2 Å². The van der Waals surface area contributed by atoms with E-state index >= 15 is 0 Å². The quantitative estimate of drug-likeness (QED) is 0.377. The summed E-state index contributed by atoms with van der Waals surface area (Å²) in [5.41, 5.74) is 5.95. The van der Waals surface area contributed by atoms with Gasteiger partial charge in [-0.2, -0.15) is 5.21 Å². The molecule has 0 fully saturated rings. The summed E-state index contributed by atoms with van der Waals surface area (Å²) in [5.74, 6) is 2.38. The number of pyridine rings is 1. The molecule has 0 bridgehead atoms. The number of nitrogens with zero attached hydrogens (tertiary/aromatic N) is 6. The van der Waals surface area contributed by atoms with Crippen molar-refractivity contribution in [1.29, 1.82) is 0 Å². The molecule has 166 valence electrons. The molecule has 5 aromatic rings. The highest BCUT2D eigenvalue weighted by Crippen LogP contribution is 2.30. The van der Waals surface area contributed by atoms with Gasteiger partial charge in [0.1, 0.15) is 17.1 Å². The van der Waals surface area contributed by atoms with Crippen molar-refractivity contribution in [2.75, 3.05) is 7.11 Å². The van der Waals surface area contributed by atoms with Crippen molar-refractivity contribution >= 4 is 11.2 Å². The first-order valence-corrected chi connectivity index (χ1v) is 11.1. The van der Waals surface area contributed by atoms with Gasteiger partial charge >= 0.3 is 0 Å². The van der Waals surface area contributed by atoms with Gasteiger partial charge < -0.3 is 9.30 Å². The van der Waals surface area contributed by atoms with Gasteiger partial charge in [0.15, 0.2) is 5.65 Å². The third-order valence-corrected chi connectivity index (χ3v) is 5.77. The lowest BCUT2D eigenvalue weighted by molar-refractivity contribution is 0.418. The fraction of sp³-hybridized carbons (Fsp3) is 0.240. The number of H-pyrrole nitrogens is 1. The predicted octanol–water partition coefficient (Wildman–Crippen LogP) is 4.68. The SMILES string of the molecule is CCCCc1nc2c(OC)ccnc2n1Cc1ccc(-c2ccccc2-c2nn[nH]n2)cc1. The molecule has 0 spiro atoms. The monoisotopic (exact) mass is 439 g/mol. The van der Waals surface area contributed by atoms with Crippen LogP contribution in [0.1, 0.15) is 31.2 Å². The highest BCUT2D eigenvalue weighted by molar-refractivity contribution is 5.80. The molecular formula is C25H25N7O. The van der Waals surface area contributed by atoms with E-state index in [2.05, 4.69) is 67.4 Å². The summed E-state index contributed by atoms with van der Waals surface area (Å²) in [6, 6.07) is 18.5. The van der Waals surface area contributed by atoms with Crippen molar-refractivity contribution in [3.05, 3.63) is 72.2 Å². The van der Waals surface area contributed by atoms with Gasteiger partial charge in [0.05, 0.1) is 13.7 Å². The number of fused-ring (bicyclic) bond motifs is 1. The zero-order valence-electron chi connectivity index (χ0n) is 18.7. The molecule has 8 nitrogen and oxygen atoms in total. The average Bonchev–Trinajstić information content (AvgIpc) is 3.52. The van der Waals surface area contributed by atoms with E-state index < -0.39 is 0 Å². The van der Waals surface area contributed by atoms with Gasteiger partial charge in [-0.1, -0.05) is 61.9 Å². The Bertz CT molecular complexity index is 1360. The van der Waals surface area contributed by atoms with Gasteiger partial charge in [0, 0.05) is 24.2 Å². The van der Waals surface area contributed by atoms with Crippen LogP contribution < -0.4 is 4.74 Å². The number of aromatic nitrogens is 7. The molecule has 0 aliphatic rings. The molecule has 1 N–H and O–H groups in total. The van der Waals surface area contributed by atoms with Crippen LogP contribution in [0, 0.1) is 0 Å². The first-order chi connectivity index (χ1) is 16.3. The molecule has 8 heteroatoms. The molecule has 5 rings (SSSR count). The maximum absolute atomic E-state index is 5.52. The Morgan fingerprint density at radius 2 is 1.82 bits per heavy atom. The van der Waals surface area contributed by atoms with Crippen LogP contribution >= 0.6 is 0 Å². The lowest BCUT2D eigenvalue weighted by atomic mass is 9.98. The molecule has 3 aromatic heterocycles. The standard InChI is InChI=1S/C25H25N7O/c1-3-4-9-22-27-23-21(33-2)14-15-26-25(23)32(22)16-17-10-12-18(13-11-17)19-7-5-6-8-20(19)24-28-30-31-29-24/h5-8,10-15H,3-4,9,16H2,1-2H3,(H,28,29,30,31). The summed E-state index contributed by atoms with van der Waals surface area (Å²) in [5, 5.41) is 14.5. The highest BCUT2D eigenvalue weighted by Gasteiger charge is 2.16. The number of tetrazole rings is 1. The molecule has 0 unspecified atom stereocenters. The number of rotatable bonds is 8. The smallest absolute Gasteiger partial charge is 0.205 e. The summed E-state index contributed by atoms with van der Waals surface area (Å²) in [7, 11) is 1.67. The van der Waals surface area contributed by atoms with Crippen LogP contribution in [0.25, 0.3) is 33.7 Å². The molecule has 2 aromatic carbocycles. The topological polar surface area (TPSA) is 94.4 Å². The van der Waals surface area contributed by atoms with Crippen LogP contribution in [-0.2, 0) is 13.0 Å². The van der Waals surface area contributed by atoms with Crippen molar-refractivity contribution in [2.24, 2.45) is 0 Å². The number of nitrogens with one attached hydrogen (secondary N) is 1. The lowest BCUT2D eigenvalue weighted by Crippen LogP contribution is -2.06. The van der Waals surface area contributed by atoms with Crippen molar-refractivity contribution in [2.45, 2.75) is 32.7 Å². The Hall–Kier alpha value is -4.07. The van der Waals surface area contributed by atoms with Crippen LogP contribution in [0.5, 0.6) is 5.75 Å². The van der Waals surface area contributed by atoms with E-state index in [0.717, 1.165) is 58.7 Å². The number of ether oxygens (including phenoxy) is 1. The molecule has 0 amide bonds. The lowest BCUT2D eigenvalue weighted by Gasteiger charge is -2.11. The second-order valence-electron chi connectivity index (χ2n) is 7.88. The van der Waals surface area contributed by atoms with Gasteiger partial charge in [0.25, 0.3) is 0 Å².